The largest absolute Gasteiger partial charge is 0.348 e. The second-order valence-corrected chi connectivity index (χ2v) is 7.08. The first-order valence-corrected chi connectivity index (χ1v) is 9.57. The van der Waals surface area contributed by atoms with E-state index in [2.05, 4.69) is 39.8 Å². The van der Waals surface area contributed by atoms with Crippen molar-refractivity contribution in [1.82, 2.24) is 15.5 Å². The first-order valence-electron chi connectivity index (χ1n) is 9.57. The van der Waals surface area contributed by atoms with Gasteiger partial charge in [-0.05, 0) is 43.0 Å². The van der Waals surface area contributed by atoms with Crippen LogP contribution in [0.4, 0.5) is 0 Å². The SMILES string of the molecule is O=C(NCc1ccccc1)C(=O)NCC1CCN(Cc2ccccc2)CC1. The molecule has 0 aromatic heterocycles. The Balaban J connectivity index is 1.33. The fourth-order valence-electron chi connectivity index (χ4n) is 3.37. The molecule has 0 radical (unpaired) electrons. The minimum Gasteiger partial charge on any atom is -0.348 e. The molecule has 1 fully saturated rings. The molecule has 2 aromatic rings. The van der Waals surface area contributed by atoms with Crippen LogP contribution in [0.25, 0.3) is 0 Å². The molecule has 1 aliphatic rings. The fraction of sp³-hybridized carbons (Fsp3) is 0.364. The van der Waals surface area contributed by atoms with Gasteiger partial charge in [-0.3, -0.25) is 14.5 Å². The number of hydrogen-bond acceptors (Lipinski definition) is 3. The maximum absolute atomic E-state index is 12.0. The second-order valence-electron chi connectivity index (χ2n) is 7.08. The predicted molar refractivity (Wildman–Crippen MR) is 106 cm³/mol. The van der Waals surface area contributed by atoms with Gasteiger partial charge in [0.15, 0.2) is 0 Å². The van der Waals surface area contributed by atoms with E-state index in [1.54, 1.807) is 0 Å². The fourth-order valence-corrected chi connectivity index (χ4v) is 3.37. The number of amides is 2. The van der Waals surface area contributed by atoms with Gasteiger partial charge in [-0.1, -0.05) is 60.7 Å². The third-order valence-electron chi connectivity index (χ3n) is 5.01. The predicted octanol–water partition coefficient (Wildman–Crippen LogP) is 2.33. The van der Waals surface area contributed by atoms with Crippen molar-refractivity contribution in [1.29, 1.82) is 0 Å². The van der Waals surface area contributed by atoms with Crippen molar-refractivity contribution in [3.63, 3.8) is 0 Å². The van der Waals surface area contributed by atoms with Crippen LogP contribution in [-0.4, -0.2) is 36.3 Å². The van der Waals surface area contributed by atoms with E-state index in [4.69, 9.17) is 0 Å². The molecule has 2 aromatic carbocycles. The molecule has 2 N–H and O–H groups in total. The first-order chi connectivity index (χ1) is 13.2. The van der Waals surface area contributed by atoms with Crippen LogP contribution in [0.5, 0.6) is 0 Å². The lowest BCUT2D eigenvalue weighted by atomic mass is 9.96. The Morgan fingerprint density at radius 1 is 0.815 bits per heavy atom. The van der Waals surface area contributed by atoms with Gasteiger partial charge in [0, 0.05) is 19.6 Å². The van der Waals surface area contributed by atoms with Gasteiger partial charge in [0.25, 0.3) is 0 Å². The van der Waals surface area contributed by atoms with Crippen LogP contribution < -0.4 is 10.6 Å². The summed E-state index contributed by atoms with van der Waals surface area (Å²) >= 11 is 0. The molecule has 0 bridgehead atoms. The Labute approximate surface area is 160 Å². The van der Waals surface area contributed by atoms with Gasteiger partial charge in [-0.2, -0.15) is 0 Å². The number of carbonyl (C=O) groups is 2. The highest BCUT2D eigenvalue weighted by Gasteiger charge is 2.21. The number of carbonyl (C=O) groups excluding carboxylic acids is 2. The third kappa shape index (κ3) is 6.22. The second kappa shape index (κ2) is 9.88. The zero-order valence-corrected chi connectivity index (χ0v) is 15.6. The van der Waals surface area contributed by atoms with Crippen LogP contribution in [0.3, 0.4) is 0 Å². The molecule has 27 heavy (non-hydrogen) atoms. The Morgan fingerprint density at radius 3 is 2.00 bits per heavy atom. The number of hydrogen-bond donors (Lipinski definition) is 2. The van der Waals surface area contributed by atoms with E-state index < -0.39 is 11.8 Å². The minimum absolute atomic E-state index is 0.366. The summed E-state index contributed by atoms with van der Waals surface area (Å²) < 4.78 is 0. The topological polar surface area (TPSA) is 61.4 Å². The van der Waals surface area contributed by atoms with Crippen LogP contribution in [0.2, 0.25) is 0 Å². The highest BCUT2D eigenvalue weighted by atomic mass is 16.2. The van der Waals surface area contributed by atoms with Crippen molar-refractivity contribution in [3.8, 4) is 0 Å². The van der Waals surface area contributed by atoms with Crippen molar-refractivity contribution in [2.45, 2.75) is 25.9 Å². The van der Waals surface area contributed by atoms with E-state index in [-0.39, 0.29) is 0 Å². The zero-order valence-electron chi connectivity index (χ0n) is 15.6. The maximum atomic E-state index is 12.0. The number of piperidine rings is 1. The Hall–Kier alpha value is -2.66. The van der Waals surface area contributed by atoms with Gasteiger partial charge in [0.1, 0.15) is 0 Å². The summed E-state index contributed by atoms with van der Waals surface area (Å²) in [5.41, 5.74) is 2.31. The van der Waals surface area contributed by atoms with Crippen LogP contribution in [-0.2, 0) is 22.7 Å². The van der Waals surface area contributed by atoms with Crippen LogP contribution in [0.1, 0.15) is 24.0 Å². The van der Waals surface area contributed by atoms with E-state index in [1.807, 2.05) is 36.4 Å². The number of nitrogens with zero attached hydrogens (tertiary/aromatic N) is 1. The summed E-state index contributed by atoms with van der Waals surface area (Å²) in [7, 11) is 0. The van der Waals surface area contributed by atoms with Crippen LogP contribution in [0, 0.1) is 5.92 Å². The molecule has 0 spiro atoms. The molecule has 1 saturated heterocycles. The molecule has 2 amide bonds. The summed E-state index contributed by atoms with van der Waals surface area (Å²) in [6, 6.07) is 20.1. The Morgan fingerprint density at radius 2 is 1.37 bits per heavy atom. The lowest BCUT2D eigenvalue weighted by Crippen LogP contribution is -2.43. The van der Waals surface area contributed by atoms with Gasteiger partial charge in [0.2, 0.25) is 0 Å². The Bertz CT molecular complexity index is 726. The van der Waals surface area contributed by atoms with Crippen LogP contribution >= 0.6 is 0 Å². The summed E-state index contributed by atoms with van der Waals surface area (Å²) in [6.07, 6.45) is 2.08. The molecule has 1 aliphatic heterocycles. The van der Waals surface area contributed by atoms with Crippen molar-refractivity contribution < 1.29 is 9.59 Å². The van der Waals surface area contributed by atoms with E-state index >= 15 is 0 Å². The molecule has 5 nitrogen and oxygen atoms in total. The summed E-state index contributed by atoms with van der Waals surface area (Å²) in [5.74, 6) is -0.680. The molecular weight excluding hydrogens is 338 g/mol. The average molecular weight is 365 g/mol. The quantitative estimate of drug-likeness (QED) is 0.773. The molecule has 5 heteroatoms. The highest BCUT2D eigenvalue weighted by molar-refractivity contribution is 6.35. The minimum atomic E-state index is -0.569. The van der Waals surface area contributed by atoms with E-state index in [0.29, 0.717) is 19.0 Å². The molecule has 0 saturated carbocycles. The highest BCUT2D eigenvalue weighted by Crippen LogP contribution is 2.18. The lowest BCUT2D eigenvalue weighted by Gasteiger charge is -2.32. The number of benzene rings is 2. The Kier molecular flexibility index (Phi) is 6.99. The molecule has 0 atom stereocenters. The van der Waals surface area contributed by atoms with Gasteiger partial charge >= 0.3 is 11.8 Å². The zero-order chi connectivity index (χ0) is 18.9. The van der Waals surface area contributed by atoms with Gasteiger partial charge < -0.3 is 10.6 Å². The van der Waals surface area contributed by atoms with Gasteiger partial charge in [-0.15, -0.1) is 0 Å². The van der Waals surface area contributed by atoms with Gasteiger partial charge in [-0.25, -0.2) is 0 Å². The molecule has 0 unspecified atom stereocenters. The first kappa shape index (κ1) is 19.1. The smallest absolute Gasteiger partial charge is 0.309 e. The molecular formula is C22H27N3O2. The van der Waals surface area contributed by atoms with Crippen molar-refractivity contribution in [2.24, 2.45) is 5.92 Å². The monoisotopic (exact) mass is 365 g/mol. The summed E-state index contributed by atoms with van der Waals surface area (Å²) in [5, 5.41) is 5.45. The number of likely N-dealkylation sites (tertiary alicyclic amines) is 1. The average Bonchev–Trinajstić information content (AvgIpc) is 2.73. The number of nitrogens with one attached hydrogen (secondary N) is 2. The third-order valence-corrected chi connectivity index (χ3v) is 5.01. The standard InChI is InChI=1S/C22H27N3O2/c26-21(23-15-18-7-3-1-4-8-18)22(27)24-16-19-11-13-25(14-12-19)17-20-9-5-2-6-10-20/h1-10,19H,11-17H2,(H,23,26)(H,24,27). The maximum Gasteiger partial charge on any atom is 0.309 e. The van der Waals surface area contributed by atoms with E-state index in [9.17, 15) is 9.59 Å². The van der Waals surface area contributed by atoms with Crippen molar-refractivity contribution in [3.05, 3.63) is 71.8 Å². The van der Waals surface area contributed by atoms with Crippen LogP contribution in [0.15, 0.2) is 60.7 Å². The van der Waals surface area contributed by atoms with E-state index in [1.165, 1.54) is 5.56 Å². The number of rotatable bonds is 6. The lowest BCUT2D eigenvalue weighted by molar-refractivity contribution is -0.139. The molecule has 3 rings (SSSR count). The molecule has 0 aliphatic carbocycles. The van der Waals surface area contributed by atoms with Crippen molar-refractivity contribution in [2.75, 3.05) is 19.6 Å². The summed E-state index contributed by atoms with van der Waals surface area (Å²) in [4.78, 5) is 26.3. The summed E-state index contributed by atoms with van der Waals surface area (Å²) in [6.45, 7) is 3.95. The normalized spacial score (nSPS) is 15.3. The van der Waals surface area contributed by atoms with Gasteiger partial charge in [0.05, 0.1) is 0 Å². The molecule has 142 valence electrons. The molecule has 1 heterocycles. The van der Waals surface area contributed by atoms with Crippen molar-refractivity contribution >= 4 is 11.8 Å². The van der Waals surface area contributed by atoms with E-state index in [0.717, 1.165) is 38.0 Å².